The summed E-state index contributed by atoms with van der Waals surface area (Å²) in [6.07, 6.45) is 5.27. The van der Waals surface area contributed by atoms with Crippen LogP contribution in [0.3, 0.4) is 0 Å². The van der Waals surface area contributed by atoms with Gasteiger partial charge in [-0.3, -0.25) is 0 Å². The van der Waals surface area contributed by atoms with E-state index in [2.05, 4.69) is 41.1 Å². The zero-order valence-electron chi connectivity index (χ0n) is 10.7. The lowest BCUT2D eigenvalue weighted by Gasteiger charge is -2.22. The van der Waals surface area contributed by atoms with Crippen molar-refractivity contribution in [2.24, 2.45) is 0 Å². The van der Waals surface area contributed by atoms with Crippen LogP contribution in [0.2, 0.25) is 0 Å². The van der Waals surface area contributed by atoms with Gasteiger partial charge in [0.2, 0.25) is 0 Å². The number of hydrogen-bond acceptors (Lipinski definition) is 2. The van der Waals surface area contributed by atoms with Crippen LogP contribution in [-0.4, -0.2) is 18.8 Å². The van der Waals surface area contributed by atoms with Crippen LogP contribution in [0.15, 0.2) is 18.2 Å². The maximum Gasteiger partial charge on any atom is 0.122 e. The van der Waals surface area contributed by atoms with Gasteiger partial charge < -0.3 is 9.47 Å². The van der Waals surface area contributed by atoms with Gasteiger partial charge in [-0.15, -0.1) is 0 Å². The fourth-order valence-electron chi connectivity index (χ4n) is 2.82. The van der Waals surface area contributed by atoms with E-state index in [-0.39, 0.29) is 0 Å². The molecule has 0 amide bonds. The molecule has 2 nitrogen and oxygen atoms in total. The molecule has 0 radical (unpaired) electrons. The average Bonchev–Trinajstić information content (AvgIpc) is 2.84. The summed E-state index contributed by atoms with van der Waals surface area (Å²) in [5.74, 6) is 1.06. The molecule has 3 atom stereocenters. The van der Waals surface area contributed by atoms with Gasteiger partial charge in [0.15, 0.2) is 0 Å². The van der Waals surface area contributed by atoms with Crippen LogP contribution in [0.5, 0.6) is 5.75 Å². The smallest absolute Gasteiger partial charge is 0.122 e. The molecular weight excluding hydrogens is 292 g/mol. The first-order valence-electron chi connectivity index (χ1n) is 6.79. The minimum absolute atomic E-state index is 0.301. The molecule has 2 aliphatic rings. The minimum Gasteiger partial charge on any atom is -0.493 e. The molecule has 2 heterocycles. The lowest BCUT2D eigenvalue weighted by Crippen LogP contribution is -2.15. The highest BCUT2D eigenvalue weighted by atomic mass is 79.9. The molecule has 1 saturated heterocycles. The molecule has 1 aromatic rings. The largest absolute Gasteiger partial charge is 0.493 e. The van der Waals surface area contributed by atoms with E-state index < -0.39 is 0 Å². The molecule has 0 aliphatic carbocycles. The monoisotopic (exact) mass is 310 g/mol. The Morgan fingerprint density at radius 2 is 2.22 bits per heavy atom. The van der Waals surface area contributed by atoms with Gasteiger partial charge in [0.25, 0.3) is 0 Å². The lowest BCUT2D eigenvalue weighted by molar-refractivity contribution is 0.0556. The Morgan fingerprint density at radius 1 is 1.33 bits per heavy atom. The van der Waals surface area contributed by atoms with Crippen LogP contribution in [0.4, 0.5) is 0 Å². The Bertz CT molecular complexity index is 433. The Hall–Kier alpha value is -0.540. The van der Waals surface area contributed by atoms with E-state index in [1.165, 1.54) is 17.5 Å². The maximum atomic E-state index is 5.94. The van der Waals surface area contributed by atoms with Crippen molar-refractivity contribution in [2.75, 3.05) is 6.61 Å². The number of ether oxygens (including phenoxy) is 2. The van der Waals surface area contributed by atoms with Crippen molar-refractivity contribution in [3.8, 4) is 5.75 Å². The molecule has 1 fully saturated rings. The number of benzene rings is 1. The van der Waals surface area contributed by atoms with Gasteiger partial charge in [-0.2, -0.15) is 0 Å². The Kier molecular flexibility index (Phi) is 3.62. The van der Waals surface area contributed by atoms with Crippen molar-refractivity contribution < 1.29 is 9.47 Å². The topological polar surface area (TPSA) is 18.5 Å². The van der Waals surface area contributed by atoms with Crippen molar-refractivity contribution in [3.05, 3.63) is 29.3 Å². The molecule has 1 aromatic carbocycles. The summed E-state index contributed by atoms with van der Waals surface area (Å²) in [7, 11) is 0. The summed E-state index contributed by atoms with van der Waals surface area (Å²) in [5, 5.41) is 0. The second-order valence-corrected chi connectivity index (χ2v) is 6.27. The Balaban J connectivity index is 1.79. The van der Waals surface area contributed by atoms with Crippen LogP contribution in [-0.2, 0) is 11.2 Å². The summed E-state index contributed by atoms with van der Waals surface area (Å²) in [6.45, 7) is 3.01. The first-order valence-corrected chi connectivity index (χ1v) is 7.71. The van der Waals surface area contributed by atoms with Gasteiger partial charge in [-0.05, 0) is 49.8 Å². The molecule has 3 rings (SSSR count). The van der Waals surface area contributed by atoms with E-state index in [4.69, 9.17) is 9.47 Å². The zero-order chi connectivity index (χ0) is 12.5. The van der Waals surface area contributed by atoms with Gasteiger partial charge in [0, 0.05) is 0 Å². The van der Waals surface area contributed by atoms with Crippen LogP contribution >= 0.6 is 15.9 Å². The summed E-state index contributed by atoms with van der Waals surface area (Å²) in [4.78, 5) is 0.301. The van der Waals surface area contributed by atoms with Crippen LogP contribution in [0, 0.1) is 0 Å². The molecule has 0 aromatic heterocycles. The first-order chi connectivity index (χ1) is 8.74. The highest BCUT2D eigenvalue weighted by molar-refractivity contribution is 9.09. The average molecular weight is 311 g/mol. The zero-order valence-corrected chi connectivity index (χ0v) is 12.3. The van der Waals surface area contributed by atoms with Crippen molar-refractivity contribution in [2.45, 2.75) is 49.6 Å². The van der Waals surface area contributed by atoms with Crippen molar-refractivity contribution in [1.29, 1.82) is 0 Å². The van der Waals surface area contributed by atoms with Gasteiger partial charge in [-0.25, -0.2) is 0 Å². The number of fused-ring (bicyclic) bond motifs is 1. The van der Waals surface area contributed by atoms with Gasteiger partial charge >= 0.3 is 0 Å². The van der Waals surface area contributed by atoms with E-state index in [0.717, 1.165) is 31.6 Å². The fraction of sp³-hybridized carbons (Fsp3) is 0.600. The predicted molar refractivity (Wildman–Crippen MR) is 75.5 cm³/mol. The molecule has 3 unspecified atom stereocenters. The third kappa shape index (κ3) is 2.43. The standard InChI is InChI=1S/C15H19BrO2/c1-10-4-6-14(18-10)15(16)12-5-7-13-11(9-12)3-2-8-17-13/h5,7,9-10,14-15H,2-4,6,8H2,1H3. The molecule has 2 aliphatic heterocycles. The van der Waals surface area contributed by atoms with E-state index in [9.17, 15) is 0 Å². The SMILES string of the molecule is CC1CCC(C(Br)c2ccc3c(c2)CCCO3)O1. The maximum absolute atomic E-state index is 5.94. The van der Waals surface area contributed by atoms with E-state index in [1.54, 1.807) is 0 Å². The summed E-state index contributed by atoms with van der Waals surface area (Å²) >= 11 is 3.80. The fourth-order valence-corrected chi connectivity index (χ4v) is 3.49. The van der Waals surface area contributed by atoms with Crippen molar-refractivity contribution in [1.82, 2.24) is 0 Å². The van der Waals surface area contributed by atoms with E-state index >= 15 is 0 Å². The molecule has 0 saturated carbocycles. The number of rotatable bonds is 2. The van der Waals surface area contributed by atoms with Crippen LogP contribution in [0.25, 0.3) is 0 Å². The highest BCUT2D eigenvalue weighted by Crippen LogP contribution is 2.38. The van der Waals surface area contributed by atoms with Gasteiger partial charge in [0.05, 0.1) is 23.6 Å². The lowest BCUT2D eigenvalue weighted by atomic mass is 9.99. The van der Waals surface area contributed by atoms with E-state index in [1.807, 2.05) is 0 Å². The van der Waals surface area contributed by atoms with Crippen LogP contribution < -0.4 is 4.74 Å². The third-order valence-corrected chi connectivity index (χ3v) is 4.96. The number of hydrogen-bond donors (Lipinski definition) is 0. The Morgan fingerprint density at radius 3 is 3.00 bits per heavy atom. The predicted octanol–water partition coefficient (Wildman–Crippen LogP) is 4.02. The highest BCUT2D eigenvalue weighted by Gasteiger charge is 2.29. The van der Waals surface area contributed by atoms with Crippen molar-refractivity contribution >= 4 is 15.9 Å². The molecule has 0 spiro atoms. The number of alkyl halides is 1. The summed E-state index contributed by atoms with van der Waals surface area (Å²) < 4.78 is 11.6. The minimum atomic E-state index is 0.301. The van der Waals surface area contributed by atoms with Gasteiger partial charge in [0.1, 0.15) is 5.75 Å². The number of aryl methyl sites for hydroxylation is 1. The normalized spacial score (nSPS) is 28.6. The molecule has 98 valence electrons. The first kappa shape index (κ1) is 12.5. The van der Waals surface area contributed by atoms with Crippen molar-refractivity contribution in [3.63, 3.8) is 0 Å². The quantitative estimate of drug-likeness (QED) is 0.768. The molecule has 3 heteroatoms. The van der Waals surface area contributed by atoms with E-state index in [0.29, 0.717) is 17.0 Å². The Labute approximate surface area is 117 Å². The molecule has 0 N–H and O–H groups in total. The second kappa shape index (κ2) is 5.22. The van der Waals surface area contributed by atoms with Gasteiger partial charge in [-0.1, -0.05) is 28.1 Å². The molecule has 18 heavy (non-hydrogen) atoms. The third-order valence-electron chi connectivity index (χ3n) is 3.84. The van der Waals surface area contributed by atoms with Crippen LogP contribution in [0.1, 0.15) is 42.1 Å². The number of halogens is 1. The summed E-state index contributed by atoms with van der Waals surface area (Å²) in [6, 6.07) is 6.55. The summed E-state index contributed by atoms with van der Waals surface area (Å²) in [5.41, 5.74) is 2.66. The molecule has 0 bridgehead atoms. The molecular formula is C15H19BrO2. The second-order valence-electron chi connectivity index (χ2n) is 5.28.